The molecule has 7 nitrogen and oxygen atoms in total. The van der Waals surface area contributed by atoms with Crippen molar-refractivity contribution in [2.75, 3.05) is 12.4 Å². The van der Waals surface area contributed by atoms with E-state index < -0.39 is 11.7 Å². The van der Waals surface area contributed by atoms with Crippen LogP contribution >= 0.6 is 0 Å². The van der Waals surface area contributed by atoms with Crippen LogP contribution in [0.5, 0.6) is 5.75 Å². The van der Waals surface area contributed by atoms with Crippen LogP contribution in [0.25, 0.3) is 11.2 Å². The Morgan fingerprint density at radius 3 is 2.59 bits per heavy atom. The van der Waals surface area contributed by atoms with Crippen LogP contribution in [0.15, 0.2) is 54.9 Å². The van der Waals surface area contributed by atoms with E-state index in [0.717, 1.165) is 23.4 Å². The molecule has 0 fully saturated rings. The second-order valence-corrected chi connectivity index (χ2v) is 6.19. The van der Waals surface area contributed by atoms with Crippen LogP contribution in [-0.2, 0) is 12.7 Å². The molecule has 0 radical (unpaired) electrons. The van der Waals surface area contributed by atoms with Crippen molar-refractivity contribution < 1.29 is 17.9 Å². The van der Waals surface area contributed by atoms with E-state index >= 15 is 0 Å². The SMILES string of the molecule is COc1ccc(Cn2nnc3c(Nc4cccc(C(F)(F)F)c4)ncnc32)cc1. The van der Waals surface area contributed by atoms with Crippen LogP contribution in [0.1, 0.15) is 11.1 Å². The smallest absolute Gasteiger partial charge is 0.416 e. The van der Waals surface area contributed by atoms with Crippen molar-refractivity contribution in [3.8, 4) is 5.75 Å². The van der Waals surface area contributed by atoms with Crippen molar-refractivity contribution in [2.45, 2.75) is 12.7 Å². The Morgan fingerprint density at radius 1 is 1.07 bits per heavy atom. The van der Waals surface area contributed by atoms with Gasteiger partial charge in [-0.15, -0.1) is 5.10 Å². The number of ether oxygens (including phenoxy) is 1. The molecule has 0 aliphatic carbocycles. The molecule has 0 aliphatic rings. The molecule has 0 saturated carbocycles. The fourth-order valence-corrected chi connectivity index (χ4v) is 2.80. The third kappa shape index (κ3) is 3.96. The van der Waals surface area contributed by atoms with Crippen molar-refractivity contribution in [2.24, 2.45) is 0 Å². The highest BCUT2D eigenvalue weighted by Crippen LogP contribution is 2.31. The molecule has 148 valence electrons. The van der Waals surface area contributed by atoms with Gasteiger partial charge < -0.3 is 10.1 Å². The molecule has 4 rings (SSSR count). The topological polar surface area (TPSA) is 77.8 Å². The first-order valence-corrected chi connectivity index (χ1v) is 8.55. The minimum Gasteiger partial charge on any atom is -0.497 e. The van der Waals surface area contributed by atoms with Crippen LogP contribution in [0, 0.1) is 0 Å². The number of hydrogen-bond donors (Lipinski definition) is 1. The predicted molar refractivity (Wildman–Crippen MR) is 99.9 cm³/mol. The zero-order chi connectivity index (χ0) is 20.4. The Balaban J connectivity index is 1.62. The van der Waals surface area contributed by atoms with Crippen molar-refractivity contribution in [1.29, 1.82) is 0 Å². The van der Waals surface area contributed by atoms with E-state index in [4.69, 9.17) is 4.74 Å². The monoisotopic (exact) mass is 400 g/mol. The zero-order valence-corrected chi connectivity index (χ0v) is 15.2. The summed E-state index contributed by atoms with van der Waals surface area (Å²) in [5.74, 6) is 1.02. The van der Waals surface area contributed by atoms with E-state index in [1.807, 2.05) is 24.3 Å². The maximum atomic E-state index is 12.9. The van der Waals surface area contributed by atoms with Crippen LogP contribution in [-0.4, -0.2) is 32.1 Å². The first kappa shape index (κ1) is 18.7. The molecule has 0 unspecified atom stereocenters. The number of benzene rings is 2. The maximum Gasteiger partial charge on any atom is 0.416 e. The van der Waals surface area contributed by atoms with Gasteiger partial charge in [-0.2, -0.15) is 13.2 Å². The third-order valence-corrected chi connectivity index (χ3v) is 4.24. The number of aromatic nitrogens is 5. The standard InChI is InChI=1S/C19H15F3N6O/c1-29-15-7-5-12(6-8-15)10-28-18-16(26-27-28)17(23-11-24-18)25-14-4-2-3-13(9-14)19(20,21)22/h2-9,11H,10H2,1H3,(H,23,24,25). The summed E-state index contributed by atoms with van der Waals surface area (Å²) in [7, 11) is 1.59. The summed E-state index contributed by atoms with van der Waals surface area (Å²) in [6.45, 7) is 0.417. The average Bonchev–Trinajstić information content (AvgIpc) is 3.12. The van der Waals surface area contributed by atoms with Gasteiger partial charge in [-0.3, -0.25) is 0 Å². The molecule has 2 aromatic heterocycles. The van der Waals surface area contributed by atoms with Gasteiger partial charge in [0.25, 0.3) is 0 Å². The average molecular weight is 400 g/mol. The lowest BCUT2D eigenvalue weighted by Gasteiger charge is -2.10. The molecule has 4 aromatic rings. The Kier molecular flexibility index (Phi) is 4.75. The van der Waals surface area contributed by atoms with Gasteiger partial charge >= 0.3 is 6.18 Å². The van der Waals surface area contributed by atoms with Gasteiger partial charge in [0.05, 0.1) is 19.2 Å². The summed E-state index contributed by atoms with van der Waals surface area (Å²) in [5, 5.41) is 11.1. The zero-order valence-electron chi connectivity index (χ0n) is 15.2. The lowest BCUT2D eigenvalue weighted by Crippen LogP contribution is -2.06. The van der Waals surface area contributed by atoms with Crippen LogP contribution in [0.2, 0.25) is 0 Å². The van der Waals surface area contributed by atoms with E-state index in [0.29, 0.717) is 17.7 Å². The summed E-state index contributed by atoms with van der Waals surface area (Å²) < 4.78 is 45.5. The molecule has 0 amide bonds. The highest BCUT2D eigenvalue weighted by Gasteiger charge is 2.30. The molecule has 0 atom stereocenters. The minimum atomic E-state index is -4.43. The van der Waals surface area contributed by atoms with E-state index in [1.54, 1.807) is 11.8 Å². The predicted octanol–water partition coefficient (Wildman–Crippen LogP) is 4.04. The number of methoxy groups -OCH3 is 1. The van der Waals surface area contributed by atoms with Crippen LogP contribution in [0.3, 0.4) is 0 Å². The summed E-state index contributed by atoms with van der Waals surface area (Å²) >= 11 is 0. The van der Waals surface area contributed by atoms with Gasteiger partial charge in [-0.25, -0.2) is 14.6 Å². The second kappa shape index (κ2) is 7.38. The molecule has 0 aliphatic heterocycles. The first-order valence-electron chi connectivity index (χ1n) is 8.55. The van der Waals surface area contributed by atoms with Gasteiger partial charge in [-0.05, 0) is 35.9 Å². The number of hydrogen-bond acceptors (Lipinski definition) is 6. The molecule has 10 heteroatoms. The van der Waals surface area contributed by atoms with Gasteiger partial charge in [-0.1, -0.05) is 23.4 Å². The fourth-order valence-electron chi connectivity index (χ4n) is 2.80. The highest BCUT2D eigenvalue weighted by atomic mass is 19.4. The number of anilines is 2. The molecule has 2 aromatic carbocycles. The third-order valence-electron chi connectivity index (χ3n) is 4.24. The van der Waals surface area contributed by atoms with Crippen molar-refractivity contribution in [1.82, 2.24) is 25.0 Å². The van der Waals surface area contributed by atoms with Crippen LogP contribution in [0.4, 0.5) is 24.7 Å². The van der Waals surface area contributed by atoms with E-state index in [2.05, 4.69) is 25.6 Å². The molecule has 0 bridgehead atoms. The highest BCUT2D eigenvalue weighted by molar-refractivity contribution is 5.84. The number of fused-ring (bicyclic) bond motifs is 1. The molecule has 0 saturated heterocycles. The number of nitrogens with zero attached hydrogens (tertiary/aromatic N) is 5. The van der Waals surface area contributed by atoms with E-state index in [9.17, 15) is 13.2 Å². The van der Waals surface area contributed by atoms with Crippen molar-refractivity contribution >= 4 is 22.7 Å². The number of rotatable bonds is 5. The summed E-state index contributed by atoms with van der Waals surface area (Å²) in [6, 6.07) is 12.3. The van der Waals surface area contributed by atoms with Crippen molar-refractivity contribution in [3.63, 3.8) is 0 Å². The summed E-state index contributed by atoms with van der Waals surface area (Å²) in [6.07, 6.45) is -3.12. The lowest BCUT2D eigenvalue weighted by atomic mass is 10.2. The number of alkyl halides is 3. The summed E-state index contributed by atoms with van der Waals surface area (Å²) in [4.78, 5) is 8.31. The Hall–Kier alpha value is -3.69. The Morgan fingerprint density at radius 2 is 1.86 bits per heavy atom. The van der Waals surface area contributed by atoms with Gasteiger partial charge in [0.2, 0.25) is 0 Å². The summed E-state index contributed by atoms with van der Waals surface area (Å²) in [5.41, 5.74) is 1.27. The molecular formula is C19H15F3N6O. The normalized spacial score (nSPS) is 11.6. The fraction of sp³-hybridized carbons (Fsp3) is 0.158. The van der Waals surface area contributed by atoms with Gasteiger partial charge in [0.1, 0.15) is 12.1 Å². The quantitative estimate of drug-likeness (QED) is 0.545. The van der Waals surface area contributed by atoms with Gasteiger partial charge in [0.15, 0.2) is 17.0 Å². The molecule has 0 spiro atoms. The number of nitrogens with one attached hydrogen (secondary N) is 1. The van der Waals surface area contributed by atoms with Crippen molar-refractivity contribution in [3.05, 3.63) is 66.0 Å². The Labute approximate surface area is 163 Å². The minimum absolute atomic E-state index is 0.240. The van der Waals surface area contributed by atoms with Crippen LogP contribution < -0.4 is 10.1 Å². The Bertz CT molecular complexity index is 1140. The molecule has 1 N–H and O–H groups in total. The first-order chi connectivity index (χ1) is 13.9. The largest absolute Gasteiger partial charge is 0.497 e. The van der Waals surface area contributed by atoms with E-state index in [1.165, 1.54) is 18.5 Å². The lowest BCUT2D eigenvalue weighted by molar-refractivity contribution is -0.137. The van der Waals surface area contributed by atoms with E-state index in [-0.39, 0.29) is 11.5 Å². The maximum absolute atomic E-state index is 12.9. The molecule has 29 heavy (non-hydrogen) atoms. The van der Waals surface area contributed by atoms with Gasteiger partial charge in [0, 0.05) is 5.69 Å². The molecular weight excluding hydrogens is 385 g/mol. The number of halogens is 3. The molecule has 2 heterocycles. The second-order valence-electron chi connectivity index (χ2n) is 6.19.